The Morgan fingerprint density at radius 3 is 2.83 bits per heavy atom. The van der Waals surface area contributed by atoms with E-state index < -0.39 is 0 Å². The Balaban J connectivity index is 1.64. The van der Waals surface area contributed by atoms with Crippen molar-refractivity contribution in [3.8, 4) is 6.07 Å². The lowest BCUT2D eigenvalue weighted by atomic mass is 10.0. The third kappa shape index (κ3) is 3.64. The summed E-state index contributed by atoms with van der Waals surface area (Å²) in [7, 11) is 0. The van der Waals surface area contributed by atoms with Crippen LogP contribution in [0.1, 0.15) is 28.9 Å². The summed E-state index contributed by atoms with van der Waals surface area (Å²) in [6, 6.07) is 9.15. The molecule has 1 aliphatic rings. The second-order valence-corrected chi connectivity index (χ2v) is 5.51. The van der Waals surface area contributed by atoms with E-state index in [9.17, 15) is 4.79 Å². The van der Waals surface area contributed by atoms with Crippen LogP contribution in [0.15, 0.2) is 42.9 Å². The van der Waals surface area contributed by atoms with Gasteiger partial charge in [-0.2, -0.15) is 5.26 Å². The van der Waals surface area contributed by atoms with E-state index in [2.05, 4.69) is 20.2 Å². The van der Waals surface area contributed by atoms with Crippen LogP contribution < -0.4 is 10.2 Å². The Kier molecular flexibility index (Phi) is 4.48. The molecule has 1 fully saturated rings. The number of aromatic nitrogens is 2. The molecular formula is C17H17N5O. The lowest BCUT2D eigenvalue weighted by Gasteiger charge is -2.34. The average Bonchev–Trinajstić information content (AvgIpc) is 2.63. The molecule has 0 bridgehead atoms. The fraction of sp³-hybridized carbons (Fsp3) is 0.294. The summed E-state index contributed by atoms with van der Waals surface area (Å²) < 4.78 is 0. The van der Waals surface area contributed by atoms with Gasteiger partial charge in [-0.1, -0.05) is 0 Å². The van der Waals surface area contributed by atoms with E-state index in [-0.39, 0.29) is 11.9 Å². The minimum atomic E-state index is -0.0720. The lowest BCUT2D eigenvalue weighted by molar-refractivity contribution is 0.0933. The van der Waals surface area contributed by atoms with Crippen molar-refractivity contribution in [1.29, 1.82) is 5.26 Å². The second kappa shape index (κ2) is 6.88. The van der Waals surface area contributed by atoms with Crippen LogP contribution in [0.3, 0.4) is 0 Å². The van der Waals surface area contributed by atoms with Gasteiger partial charge in [0, 0.05) is 37.1 Å². The number of amides is 1. The molecule has 0 aliphatic carbocycles. The molecule has 6 nitrogen and oxygen atoms in total. The summed E-state index contributed by atoms with van der Waals surface area (Å²) >= 11 is 0. The number of nitriles is 1. The standard InChI is InChI=1S/C17H17N5O/c18-10-14-3-4-16(11-20-14)22-9-1-2-15(12-22)21-17(23)13-5-7-19-8-6-13/h3-8,11,15H,1-2,9,12H2,(H,21,23). The molecule has 1 amide bonds. The third-order valence-corrected chi connectivity index (χ3v) is 3.93. The Labute approximate surface area is 134 Å². The van der Waals surface area contributed by atoms with Crippen molar-refractivity contribution >= 4 is 11.6 Å². The van der Waals surface area contributed by atoms with Gasteiger partial charge in [-0.15, -0.1) is 0 Å². The van der Waals surface area contributed by atoms with Crippen molar-refractivity contribution in [1.82, 2.24) is 15.3 Å². The predicted octanol–water partition coefficient (Wildman–Crippen LogP) is 1.75. The first-order valence-corrected chi connectivity index (χ1v) is 7.58. The number of nitrogens with zero attached hydrogens (tertiary/aromatic N) is 4. The maximum absolute atomic E-state index is 12.2. The van der Waals surface area contributed by atoms with Crippen LogP contribution in [0.4, 0.5) is 5.69 Å². The van der Waals surface area contributed by atoms with Crippen LogP contribution in [0.25, 0.3) is 0 Å². The summed E-state index contributed by atoms with van der Waals surface area (Å²) in [4.78, 5) is 22.5. The molecule has 3 rings (SSSR count). The van der Waals surface area contributed by atoms with Crippen molar-refractivity contribution in [2.75, 3.05) is 18.0 Å². The normalized spacial score (nSPS) is 17.3. The highest BCUT2D eigenvalue weighted by molar-refractivity contribution is 5.94. The summed E-state index contributed by atoms with van der Waals surface area (Å²) in [6.07, 6.45) is 6.90. The van der Waals surface area contributed by atoms with Gasteiger partial charge < -0.3 is 10.2 Å². The molecule has 6 heteroatoms. The van der Waals surface area contributed by atoms with Gasteiger partial charge in [0.15, 0.2) is 0 Å². The van der Waals surface area contributed by atoms with Gasteiger partial charge in [-0.3, -0.25) is 9.78 Å². The number of hydrogen-bond acceptors (Lipinski definition) is 5. The summed E-state index contributed by atoms with van der Waals surface area (Å²) in [5.41, 5.74) is 2.01. The zero-order valence-corrected chi connectivity index (χ0v) is 12.6. The monoisotopic (exact) mass is 307 g/mol. The summed E-state index contributed by atoms with van der Waals surface area (Å²) in [5.74, 6) is -0.0720. The quantitative estimate of drug-likeness (QED) is 0.934. The van der Waals surface area contributed by atoms with Crippen molar-refractivity contribution in [3.63, 3.8) is 0 Å². The van der Waals surface area contributed by atoms with Crippen molar-refractivity contribution in [2.45, 2.75) is 18.9 Å². The highest BCUT2D eigenvalue weighted by Gasteiger charge is 2.22. The van der Waals surface area contributed by atoms with Gasteiger partial charge in [0.05, 0.1) is 11.9 Å². The van der Waals surface area contributed by atoms with Gasteiger partial charge >= 0.3 is 0 Å². The SMILES string of the molecule is N#Cc1ccc(N2CCCC(NC(=O)c3ccncc3)C2)cn1. The number of anilines is 1. The van der Waals surface area contributed by atoms with Crippen LogP contribution in [0.2, 0.25) is 0 Å². The molecule has 1 saturated heterocycles. The van der Waals surface area contributed by atoms with Gasteiger partial charge in [0.1, 0.15) is 11.8 Å². The zero-order valence-electron chi connectivity index (χ0n) is 12.6. The number of pyridine rings is 2. The molecule has 23 heavy (non-hydrogen) atoms. The number of nitrogens with one attached hydrogen (secondary N) is 1. The third-order valence-electron chi connectivity index (χ3n) is 3.93. The first-order chi connectivity index (χ1) is 11.3. The molecule has 0 spiro atoms. The molecule has 1 unspecified atom stereocenters. The van der Waals surface area contributed by atoms with Gasteiger partial charge in [0.25, 0.3) is 5.91 Å². The molecule has 1 atom stereocenters. The molecule has 1 N–H and O–H groups in total. The average molecular weight is 307 g/mol. The summed E-state index contributed by atoms with van der Waals surface area (Å²) in [5, 5.41) is 11.9. The number of hydrogen-bond donors (Lipinski definition) is 1. The number of carbonyl (C=O) groups excluding carboxylic acids is 1. The summed E-state index contributed by atoms with van der Waals surface area (Å²) in [6.45, 7) is 1.67. The van der Waals surface area contributed by atoms with Crippen LogP contribution >= 0.6 is 0 Å². The highest BCUT2D eigenvalue weighted by atomic mass is 16.1. The van der Waals surface area contributed by atoms with Crippen molar-refractivity contribution in [3.05, 3.63) is 54.1 Å². The predicted molar refractivity (Wildman–Crippen MR) is 85.9 cm³/mol. The Bertz CT molecular complexity index is 708. The number of piperidine rings is 1. The van der Waals surface area contributed by atoms with E-state index in [1.165, 1.54) is 0 Å². The zero-order chi connectivity index (χ0) is 16.1. The van der Waals surface area contributed by atoms with Crippen LogP contribution in [-0.2, 0) is 0 Å². The first-order valence-electron chi connectivity index (χ1n) is 7.58. The maximum Gasteiger partial charge on any atom is 0.251 e. The molecule has 2 aromatic rings. The lowest BCUT2D eigenvalue weighted by Crippen LogP contribution is -2.47. The Hall–Kier alpha value is -2.94. The number of rotatable bonds is 3. The van der Waals surface area contributed by atoms with Gasteiger partial charge in [-0.25, -0.2) is 4.98 Å². The first kappa shape index (κ1) is 15.0. The van der Waals surface area contributed by atoms with Crippen LogP contribution in [0.5, 0.6) is 0 Å². The van der Waals surface area contributed by atoms with E-state index in [0.717, 1.165) is 31.6 Å². The van der Waals surface area contributed by atoms with Gasteiger partial charge in [-0.05, 0) is 37.1 Å². The molecular weight excluding hydrogens is 290 g/mol. The van der Waals surface area contributed by atoms with Crippen LogP contribution in [-0.4, -0.2) is 35.0 Å². The minimum Gasteiger partial charge on any atom is -0.368 e. The van der Waals surface area contributed by atoms with E-state index >= 15 is 0 Å². The molecule has 2 aromatic heterocycles. The molecule has 116 valence electrons. The van der Waals surface area contributed by atoms with E-state index in [1.54, 1.807) is 36.8 Å². The Morgan fingerprint density at radius 1 is 1.30 bits per heavy atom. The maximum atomic E-state index is 12.2. The van der Waals surface area contributed by atoms with Crippen molar-refractivity contribution < 1.29 is 4.79 Å². The van der Waals surface area contributed by atoms with Crippen LogP contribution in [0, 0.1) is 11.3 Å². The number of carbonyl (C=O) groups is 1. The molecule has 0 aromatic carbocycles. The Morgan fingerprint density at radius 2 is 2.13 bits per heavy atom. The second-order valence-electron chi connectivity index (χ2n) is 5.51. The molecule has 1 aliphatic heterocycles. The highest BCUT2D eigenvalue weighted by Crippen LogP contribution is 2.19. The van der Waals surface area contributed by atoms with Gasteiger partial charge in [0.2, 0.25) is 0 Å². The van der Waals surface area contributed by atoms with Crippen molar-refractivity contribution in [2.24, 2.45) is 0 Å². The largest absolute Gasteiger partial charge is 0.368 e. The fourth-order valence-electron chi connectivity index (χ4n) is 2.74. The molecule has 3 heterocycles. The minimum absolute atomic E-state index is 0.0720. The molecule has 0 radical (unpaired) electrons. The molecule has 0 saturated carbocycles. The topological polar surface area (TPSA) is 81.9 Å². The fourth-order valence-corrected chi connectivity index (χ4v) is 2.74. The van der Waals surface area contributed by atoms with E-state index in [4.69, 9.17) is 5.26 Å². The smallest absolute Gasteiger partial charge is 0.251 e. The van der Waals surface area contributed by atoms with E-state index in [0.29, 0.717) is 11.3 Å². The van der Waals surface area contributed by atoms with E-state index in [1.807, 2.05) is 12.1 Å².